The first kappa shape index (κ1) is 18.0. The van der Waals surface area contributed by atoms with Gasteiger partial charge in [-0.25, -0.2) is 4.98 Å². The third-order valence-electron chi connectivity index (χ3n) is 5.46. The topological polar surface area (TPSA) is 33.1 Å². The minimum atomic E-state index is 0.346. The number of nitrogens with zero attached hydrogens (tertiary/aromatic N) is 3. The molecule has 140 valence electrons. The van der Waals surface area contributed by atoms with Crippen LogP contribution in [0, 0.1) is 0 Å². The molecule has 1 unspecified atom stereocenters. The number of hydrogen-bond donors (Lipinski definition) is 1. The van der Waals surface area contributed by atoms with E-state index in [4.69, 9.17) is 0 Å². The van der Waals surface area contributed by atoms with Crippen molar-refractivity contribution < 1.29 is 0 Å². The number of aromatic nitrogens is 2. The number of likely N-dealkylation sites (tertiary alicyclic amines) is 1. The first-order valence-corrected chi connectivity index (χ1v) is 9.94. The molecule has 4 rings (SSSR count). The SMILES string of the molecule is c1ccc(C(c2ccccc2)N2CCC2CNCCCn2ccnc2)cc1. The third kappa shape index (κ3) is 4.46. The molecule has 0 amide bonds. The molecule has 0 spiro atoms. The van der Waals surface area contributed by atoms with Crippen LogP contribution in [0.15, 0.2) is 79.4 Å². The van der Waals surface area contributed by atoms with E-state index in [0.29, 0.717) is 12.1 Å². The van der Waals surface area contributed by atoms with Gasteiger partial charge in [-0.15, -0.1) is 0 Å². The summed E-state index contributed by atoms with van der Waals surface area (Å²) in [6.07, 6.45) is 8.15. The molecule has 0 saturated carbocycles. The van der Waals surface area contributed by atoms with Gasteiger partial charge in [0.1, 0.15) is 0 Å². The Hall–Kier alpha value is -2.43. The van der Waals surface area contributed by atoms with Crippen LogP contribution in [-0.4, -0.2) is 40.1 Å². The van der Waals surface area contributed by atoms with Crippen molar-refractivity contribution in [3.05, 3.63) is 90.5 Å². The second-order valence-corrected chi connectivity index (χ2v) is 7.26. The van der Waals surface area contributed by atoms with E-state index < -0.39 is 0 Å². The lowest BCUT2D eigenvalue weighted by Crippen LogP contribution is -2.54. The molecule has 1 N–H and O–H groups in total. The largest absolute Gasteiger partial charge is 0.337 e. The molecule has 1 aliphatic rings. The second-order valence-electron chi connectivity index (χ2n) is 7.26. The van der Waals surface area contributed by atoms with Crippen molar-refractivity contribution in [1.82, 2.24) is 19.8 Å². The van der Waals surface area contributed by atoms with Crippen molar-refractivity contribution in [2.24, 2.45) is 0 Å². The summed E-state index contributed by atoms with van der Waals surface area (Å²) in [7, 11) is 0. The van der Waals surface area contributed by atoms with Gasteiger partial charge >= 0.3 is 0 Å². The Morgan fingerprint density at radius 1 is 1.00 bits per heavy atom. The van der Waals surface area contributed by atoms with Gasteiger partial charge < -0.3 is 9.88 Å². The smallest absolute Gasteiger partial charge is 0.0945 e. The van der Waals surface area contributed by atoms with Crippen LogP contribution in [0.4, 0.5) is 0 Å². The monoisotopic (exact) mass is 360 g/mol. The zero-order valence-electron chi connectivity index (χ0n) is 15.7. The molecule has 0 bridgehead atoms. The molecular formula is C23H28N4. The fourth-order valence-electron chi connectivity index (χ4n) is 3.94. The van der Waals surface area contributed by atoms with E-state index in [0.717, 1.165) is 32.6 Å². The molecule has 2 aromatic carbocycles. The molecule has 1 fully saturated rings. The van der Waals surface area contributed by atoms with Crippen LogP contribution >= 0.6 is 0 Å². The summed E-state index contributed by atoms with van der Waals surface area (Å²) in [6.45, 7) is 4.29. The van der Waals surface area contributed by atoms with Gasteiger partial charge in [0.05, 0.1) is 12.4 Å². The molecule has 4 nitrogen and oxygen atoms in total. The lowest BCUT2D eigenvalue weighted by Gasteiger charge is -2.46. The van der Waals surface area contributed by atoms with Crippen molar-refractivity contribution in [3.63, 3.8) is 0 Å². The van der Waals surface area contributed by atoms with Crippen molar-refractivity contribution in [2.75, 3.05) is 19.6 Å². The minimum Gasteiger partial charge on any atom is -0.337 e. The van der Waals surface area contributed by atoms with Gasteiger partial charge in [-0.05, 0) is 30.5 Å². The van der Waals surface area contributed by atoms with E-state index in [-0.39, 0.29) is 0 Å². The van der Waals surface area contributed by atoms with E-state index in [1.807, 2.05) is 18.7 Å². The Labute approximate surface area is 161 Å². The first-order valence-electron chi connectivity index (χ1n) is 9.94. The molecule has 1 aliphatic heterocycles. The highest BCUT2D eigenvalue weighted by Gasteiger charge is 2.34. The molecule has 2 heterocycles. The summed E-state index contributed by atoms with van der Waals surface area (Å²) in [6, 6.07) is 22.8. The van der Waals surface area contributed by atoms with Gasteiger partial charge in [-0.1, -0.05) is 60.7 Å². The van der Waals surface area contributed by atoms with E-state index in [2.05, 4.69) is 80.4 Å². The molecule has 3 aromatic rings. The average Bonchev–Trinajstić information content (AvgIpc) is 3.22. The molecule has 0 aliphatic carbocycles. The van der Waals surface area contributed by atoms with Crippen LogP contribution < -0.4 is 5.32 Å². The normalized spacial score (nSPS) is 17.1. The highest BCUT2D eigenvalue weighted by Crippen LogP contribution is 2.35. The Kier molecular flexibility index (Phi) is 5.97. The van der Waals surface area contributed by atoms with Crippen LogP contribution in [-0.2, 0) is 6.54 Å². The Morgan fingerprint density at radius 2 is 1.70 bits per heavy atom. The van der Waals surface area contributed by atoms with Gasteiger partial charge in [0.15, 0.2) is 0 Å². The molecule has 1 aromatic heterocycles. The predicted octanol–water partition coefficient (Wildman–Crippen LogP) is 3.73. The number of aryl methyl sites for hydroxylation is 1. The number of imidazole rings is 1. The standard InChI is InChI=1S/C23H28N4/c1-3-8-20(9-4-1)23(21-10-5-2-6-11-21)27-16-12-22(27)18-24-13-7-15-26-17-14-25-19-26/h1-6,8-11,14,17,19,22-24H,7,12-13,15-16,18H2. The van der Waals surface area contributed by atoms with Crippen LogP contribution in [0.2, 0.25) is 0 Å². The van der Waals surface area contributed by atoms with Crippen molar-refractivity contribution in [3.8, 4) is 0 Å². The van der Waals surface area contributed by atoms with Crippen LogP contribution in [0.1, 0.15) is 30.0 Å². The number of rotatable bonds is 9. The lowest BCUT2D eigenvalue weighted by molar-refractivity contribution is 0.0572. The maximum absolute atomic E-state index is 4.09. The maximum atomic E-state index is 4.09. The maximum Gasteiger partial charge on any atom is 0.0945 e. The molecule has 0 radical (unpaired) electrons. The zero-order chi connectivity index (χ0) is 18.3. The summed E-state index contributed by atoms with van der Waals surface area (Å²) in [5.41, 5.74) is 2.77. The number of hydrogen-bond acceptors (Lipinski definition) is 3. The summed E-state index contributed by atoms with van der Waals surface area (Å²) < 4.78 is 2.14. The van der Waals surface area contributed by atoms with Crippen molar-refractivity contribution in [1.29, 1.82) is 0 Å². The fraction of sp³-hybridized carbons (Fsp3) is 0.348. The van der Waals surface area contributed by atoms with Gasteiger partial charge in [-0.3, -0.25) is 4.90 Å². The van der Waals surface area contributed by atoms with Gasteiger partial charge in [-0.2, -0.15) is 0 Å². The third-order valence-corrected chi connectivity index (χ3v) is 5.46. The molecule has 27 heavy (non-hydrogen) atoms. The molecule has 4 heteroatoms. The summed E-state index contributed by atoms with van der Waals surface area (Å²) in [5, 5.41) is 3.66. The van der Waals surface area contributed by atoms with E-state index in [9.17, 15) is 0 Å². The van der Waals surface area contributed by atoms with Crippen LogP contribution in [0.25, 0.3) is 0 Å². The second kappa shape index (κ2) is 8.98. The van der Waals surface area contributed by atoms with Gasteiger partial charge in [0, 0.05) is 38.1 Å². The van der Waals surface area contributed by atoms with Crippen molar-refractivity contribution in [2.45, 2.75) is 31.5 Å². The average molecular weight is 361 g/mol. The molecular weight excluding hydrogens is 332 g/mol. The summed E-state index contributed by atoms with van der Waals surface area (Å²) >= 11 is 0. The van der Waals surface area contributed by atoms with E-state index >= 15 is 0 Å². The highest BCUT2D eigenvalue weighted by atomic mass is 15.3. The van der Waals surface area contributed by atoms with E-state index in [1.165, 1.54) is 17.5 Å². The molecule has 1 saturated heterocycles. The zero-order valence-corrected chi connectivity index (χ0v) is 15.7. The summed E-state index contributed by atoms with van der Waals surface area (Å²) in [4.78, 5) is 6.74. The quantitative estimate of drug-likeness (QED) is 0.590. The van der Waals surface area contributed by atoms with Crippen molar-refractivity contribution >= 4 is 0 Å². The molecule has 1 atom stereocenters. The first-order chi connectivity index (χ1) is 13.4. The number of nitrogens with one attached hydrogen (secondary N) is 1. The lowest BCUT2D eigenvalue weighted by atomic mass is 9.90. The Bertz CT molecular complexity index is 746. The van der Waals surface area contributed by atoms with Crippen LogP contribution in [0.3, 0.4) is 0 Å². The van der Waals surface area contributed by atoms with Gasteiger partial charge in [0.2, 0.25) is 0 Å². The summed E-state index contributed by atoms with van der Waals surface area (Å²) in [5.74, 6) is 0. The number of benzene rings is 2. The fourth-order valence-corrected chi connectivity index (χ4v) is 3.94. The highest BCUT2D eigenvalue weighted by molar-refractivity contribution is 5.32. The van der Waals surface area contributed by atoms with Gasteiger partial charge in [0.25, 0.3) is 0 Å². The predicted molar refractivity (Wildman–Crippen MR) is 110 cm³/mol. The Morgan fingerprint density at radius 3 is 2.26 bits per heavy atom. The minimum absolute atomic E-state index is 0.346. The van der Waals surface area contributed by atoms with Crippen LogP contribution in [0.5, 0.6) is 0 Å². The Balaban J connectivity index is 1.35. The van der Waals surface area contributed by atoms with E-state index in [1.54, 1.807) is 0 Å².